The fourth-order valence-corrected chi connectivity index (χ4v) is 1.98. The van der Waals surface area contributed by atoms with Crippen LogP contribution in [0.15, 0.2) is 0 Å². The van der Waals surface area contributed by atoms with Gasteiger partial charge in [-0.05, 0) is 36.6 Å². The molecule has 0 aromatic carbocycles. The summed E-state index contributed by atoms with van der Waals surface area (Å²) in [6.45, 7) is 6.03. The highest BCUT2D eigenvalue weighted by Crippen LogP contribution is 2.11. The highest BCUT2D eigenvalue weighted by molar-refractivity contribution is 7.98. The lowest BCUT2D eigenvalue weighted by Crippen LogP contribution is -2.20. The lowest BCUT2D eigenvalue weighted by atomic mass is 10.4. The van der Waals surface area contributed by atoms with Crippen molar-refractivity contribution in [1.29, 1.82) is 0 Å². The maximum absolute atomic E-state index is 4.02. The monoisotopic (exact) mass is 229 g/mol. The Hall–Kier alpha value is -0.620. The zero-order chi connectivity index (χ0) is 11.1. The second-order valence-corrected chi connectivity index (χ2v) is 4.43. The minimum Gasteiger partial charge on any atom is -0.310 e. The minimum absolute atomic E-state index is 0.355. The highest BCUT2D eigenvalue weighted by atomic mass is 32.2. The summed E-state index contributed by atoms with van der Waals surface area (Å²) in [5.41, 5.74) is 0. The van der Waals surface area contributed by atoms with Gasteiger partial charge in [-0.25, -0.2) is 4.68 Å². The molecule has 5 nitrogen and oxygen atoms in total. The van der Waals surface area contributed by atoms with E-state index in [1.807, 2.05) is 16.4 Å². The molecule has 1 rings (SSSR count). The summed E-state index contributed by atoms with van der Waals surface area (Å²) in [6, 6.07) is 0.355. The molecule has 1 N–H and O–H groups in total. The number of rotatable bonds is 7. The van der Waals surface area contributed by atoms with Gasteiger partial charge in [-0.3, -0.25) is 0 Å². The number of aromatic nitrogens is 4. The van der Waals surface area contributed by atoms with Crippen molar-refractivity contribution in [2.24, 2.45) is 0 Å². The molecule has 0 bridgehead atoms. The van der Waals surface area contributed by atoms with Crippen molar-refractivity contribution in [3.63, 3.8) is 0 Å². The van der Waals surface area contributed by atoms with Crippen LogP contribution in [0.4, 0.5) is 0 Å². The van der Waals surface area contributed by atoms with Crippen molar-refractivity contribution in [3.05, 3.63) is 5.82 Å². The van der Waals surface area contributed by atoms with Crippen LogP contribution >= 0.6 is 11.8 Å². The van der Waals surface area contributed by atoms with Crippen molar-refractivity contribution >= 4 is 11.8 Å². The molecule has 0 radical (unpaired) electrons. The zero-order valence-corrected chi connectivity index (χ0v) is 10.4. The van der Waals surface area contributed by atoms with Gasteiger partial charge in [0, 0.05) is 5.75 Å². The fourth-order valence-electron chi connectivity index (χ4n) is 1.36. The van der Waals surface area contributed by atoms with Crippen LogP contribution < -0.4 is 5.32 Å². The highest BCUT2D eigenvalue weighted by Gasteiger charge is 2.11. The van der Waals surface area contributed by atoms with E-state index in [-0.39, 0.29) is 0 Å². The van der Waals surface area contributed by atoms with Gasteiger partial charge < -0.3 is 5.32 Å². The first-order valence-electron chi connectivity index (χ1n) is 5.26. The van der Waals surface area contributed by atoms with E-state index in [0.717, 1.165) is 31.1 Å². The third-order valence-electron chi connectivity index (χ3n) is 2.10. The standard InChI is InChI=1S/C9H19N5S/c1-4-5-10-6-9-11-12-13-14(9)8(2)7-15-3/h8,10H,4-7H2,1-3H3. The molecule has 0 saturated carbocycles. The lowest BCUT2D eigenvalue weighted by Gasteiger charge is -2.11. The van der Waals surface area contributed by atoms with Gasteiger partial charge >= 0.3 is 0 Å². The van der Waals surface area contributed by atoms with Crippen LogP contribution in [-0.2, 0) is 6.54 Å². The Morgan fingerprint density at radius 3 is 3.00 bits per heavy atom. The molecule has 1 heterocycles. The SMILES string of the molecule is CCCNCc1nnnn1C(C)CSC. The van der Waals surface area contributed by atoms with Crippen LogP contribution in [0.5, 0.6) is 0 Å². The average Bonchev–Trinajstić information content (AvgIpc) is 2.67. The normalized spacial score (nSPS) is 13.0. The Bertz CT molecular complexity index is 275. The van der Waals surface area contributed by atoms with Gasteiger partial charge in [0.2, 0.25) is 0 Å². The quantitative estimate of drug-likeness (QED) is 0.709. The third-order valence-corrected chi connectivity index (χ3v) is 2.91. The number of tetrazole rings is 1. The summed E-state index contributed by atoms with van der Waals surface area (Å²) < 4.78 is 1.90. The summed E-state index contributed by atoms with van der Waals surface area (Å²) >= 11 is 1.81. The summed E-state index contributed by atoms with van der Waals surface area (Å²) in [5.74, 6) is 1.95. The molecular formula is C9H19N5S. The van der Waals surface area contributed by atoms with Crippen molar-refractivity contribution in [1.82, 2.24) is 25.5 Å². The molecule has 86 valence electrons. The molecule has 0 aliphatic carbocycles. The molecule has 0 saturated heterocycles. The molecular weight excluding hydrogens is 210 g/mol. The van der Waals surface area contributed by atoms with E-state index in [1.54, 1.807) is 0 Å². The molecule has 0 aliphatic rings. The third kappa shape index (κ3) is 3.79. The summed E-state index contributed by atoms with van der Waals surface area (Å²) in [4.78, 5) is 0. The molecule has 1 unspecified atom stereocenters. The van der Waals surface area contributed by atoms with Crippen LogP contribution in [0.25, 0.3) is 0 Å². The maximum atomic E-state index is 4.02. The largest absolute Gasteiger partial charge is 0.310 e. The van der Waals surface area contributed by atoms with Crippen LogP contribution in [0.1, 0.15) is 32.1 Å². The van der Waals surface area contributed by atoms with E-state index < -0.39 is 0 Å². The Morgan fingerprint density at radius 1 is 1.53 bits per heavy atom. The van der Waals surface area contributed by atoms with Crippen molar-refractivity contribution < 1.29 is 0 Å². The first-order chi connectivity index (χ1) is 7.29. The van der Waals surface area contributed by atoms with Crippen LogP contribution in [-0.4, -0.2) is 38.8 Å². The second-order valence-electron chi connectivity index (χ2n) is 3.52. The molecule has 0 amide bonds. The first kappa shape index (κ1) is 12.4. The maximum Gasteiger partial charge on any atom is 0.165 e. The predicted octanol–water partition coefficient (Wildman–Crippen LogP) is 1.10. The van der Waals surface area contributed by atoms with Crippen molar-refractivity contribution in [2.45, 2.75) is 32.9 Å². The van der Waals surface area contributed by atoms with Gasteiger partial charge in [-0.2, -0.15) is 11.8 Å². The Morgan fingerprint density at radius 2 is 2.33 bits per heavy atom. The van der Waals surface area contributed by atoms with Gasteiger partial charge in [0.25, 0.3) is 0 Å². The second kappa shape index (κ2) is 6.79. The van der Waals surface area contributed by atoms with Crippen molar-refractivity contribution in [2.75, 3.05) is 18.6 Å². The van der Waals surface area contributed by atoms with Gasteiger partial charge in [-0.15, -0.1) is 5.10 Å². The smallest absolute Gasteiger partial charge is 0.165 e. The molecule has 1 aromatic rings. The number of nitrogens with one attached hydrogen (secondary N) is 1. The summed E-state index contributed by atoms with van der Waals surface area (Å²) in [5, 5.41) is 15.1. The number of hydrogen-bond donors (Lipinski definition) is 1. The van der Waals surface area contributed by atoms with E-state index in [2.05, 4.69) is 40.9 Å². The first-order valence-corrected chi connectivity index (χ1v) is 6.65. The van der Waals surface area contributed by atoms with Gasteiger partial charge in [-0.1, -0.05) is 6.92 Å². The van der Waals surface area contributed by atoms with E-state index in [1.165, 1.54) is 0 Å². The van der Waals surface area contributed by atoms with Gasteiger partial charge in [0.1, 0.15) is 0 Å². The Labute approximate surface area is 95.0 Å². The molecule has 1 aromatic heterocycles. The van der Waals surface area contributed by atoms with E-state index in [0.29, 0.717) is 6.04 Å². The van der Waals surface area contributed by atoms with Gasteiger partial charge in [0.05, 0.1) is 12.6 Å². The molecule has 1 atom stereocenters. The lowest BCUT2D eigenvalue weighted by molar-refractivity contribution is 0.487. The summed E-state index contributed by atoms with van der Waals surface area (Å²) in [6.07, 6.45) is 3.22. The molecule has 6 heteroatoms. The Kier molecular flexibility index (Phi) is 5.63. The number of thioether (sulfide) groups is 1. The van der Waals surface area contributed by atoms with Crippen LogP contribution in [0.3, 0.4) is 0 Å². The van der Waals surface area contributed by atoms with Crippen molar-refractivity contribution in [3.8, 4) is 0 Å². The van der Waals surface area contributed by atoms with E-state index >= 15 is 0 Å². The molecule has 0 aliphatic heterocycles. The fraction of sp³-hybridized carbons (Fsp3) is 0.889. The minimum atomic E-state index is 0.355. The molecule has 0 spiro atoms. The number of nitrogens with zero attached hydrogens (tertiary/aromatic N) is 4. The average molecular weight is 229 g/mol. The molecule has 0 fully saturated rings. The summed E-state index contributed by atoms with van der Waals surface area (Å²) in [7, 11) is 0. The predicted molar refractivity (Wildman–Crippen MR) is 62.9 cm³/mol. The van der Waals surface area contributed by atoms with Crippen LogP contribution in [0.2, 0.25) is 0 Å². The topological polar surface area (TPSA) is 55.6 Å². The Balaban J connectivity index is 2.52. The van der Waals surface area contributed by atoms with Crippen LogP contribution in [0, 0.1) is 0 Å². The van der Waals surface area contributed by atoms with E-state index in [4.69, 9.17) is 0 Å². The zero-order valence-electron chi connectivity index (χ0n) is 9.60. The van der Waals surface area contributed by atoms with Gasteiger partial charge in [0.15, 0.2) is 5.82 Å². The number of hydrogen-bond acceptors (Lipinski definition) is 5. The molecule has 15 heavy (non-hydrogen) atoms. The van der Waals surface area contributed by atoms with E-state index in [9.17, 15) is 0 Å².